The highest BCUT2D eigenvalue weighted by Gasteiger charge is 2.26. The average Bonchev–Trinajstić information content (AvgIpc) is 2.35. The zero-order valence-corrected chi connectivity index (χ0v) is 10.3. The van der Waals surface area contributed by atoms with E-state index in [0.29, 0.717) is 19.1 Å². The van der Waals surface area contributed by atoms with Crippen LogP contribution in [-0.2, 0) is 11.3 Å². The van der Waals surface area contributed by atoms with Gasteiger partial charge in [0.25, 0.3) is 0 Å². The van der Waals surface area contributed by atoms with Crippen molar-refractivity contribution in [3.05, 3.63) is 35.9 Å². The molecule has 1 aliphatic rings. The number of aliphatic hydroxyl groups excluding tert-OH is 1. The molecule has 1 fully saturated rings. The maximum Gasteiger partial charge on any atom is 0.407 e. The molecule has 2 rings (SSSR count). The van der Waals surface area contributed by atoms with Gasteiger partial charge in [0.2, 0.25) is 0 Å². The number of aliphatic hydroxyl groups is 1. The van der Waals surface area contributed by atoms with Gasteiger partial charge in [-0.3, -0.25) is 0 Å². The molecule has 0 aromatic heterocycles. The van der Waals surface area contributed by atoms with Crippen molar-refractivity contribution in [2.75, 3.05) is 6.54 Å². The first-order valence-electron chi connectivity index (χ1n) is 6.36. The van der Waals surface area contributed by atoms with Crippen LogP contribution in [0, 0.1) is 5.92 Å². The Bertz CT molecular complexity index is 374. The predicted octanol–water partition coefficient (Wildman–Crippen LogP) is 2.07. The van der Waals surface area contributed by atoms with Gasteiger partial charge >= 0.3 is 6.09 Å². The zero-order valence-electron chi connectivity index (χ0n) is 10.3. The number of hydrogen-bond donors (Lipinski definition) is 2. The summed E-state index contributed by atoms with van der Waals surface area (Å²) in [7, 11) is 0. The highest BCUT2D eigenvalue weighted by Crippen LogP contribution is 2.29. The Balaban J connectivity index is 1.55. The lowest BCUT2D eigenvalue weighted by Gasteiger charge is -2.31. The van der Waals surface area contributed by atoms with Crippen molar-refractivity contribution >= 4 is 6.09 Å². The van der Waals surface area contributed by atoms with Crippen LogP contribution in [0.15, 0.2) is 30.3 Å². The highest BCUT2D eigenvalue weighted by atomic mass is 16.5. The number of nitrogens with one attached hydrogen (secondary N) is 1. The van der Waals surface area contributed by atoms with Gasteiger partial charge < -0.3 is 15.2 Å². The third-order valence-electron chi connectivity index (χ3n) is 3.25. The van der Waals surface area contributed by atoms with Crippen molar-refractivity contribution < 1.29 is 14.6 Å². The van der Waals surface area contributed by atoms with E-state index < -0.39 is 0 Å². The molecule has 0 radical (unpaired) electrons. The number of alkyl carbamates (subject to hydrolysis) is 1. The van der Waals surface area contributed by atoms with Gasteiger partial charge in [-0.2, -0.15) is 0 Å². The summed E-state index contributed by atoms with van der Waals surface area (Å²) >= 11 is 0. The van der Waals surface area contributed by atoms with Gasteiger partial charge in [-0.1, -0.05) is 30.3 Å². The fraction of sp³-hybridized carbons (Fsp3) is 0.500. The summed E-state index contributed by atoms with van der Waals surface area (Å²) in [5.74, 6) is 0.550. The number of carbonyl (C=O) groups excluding carboxylic acids is 1. The van der Waals surface area contributed by atoms with Crippen LogP contribution in [-0.4, -0.2) is 23.8 Å². The molecule has 0 bridgehead atoms. The number of rotatable bonds is 5. The normalized spacial score (nSPS) is 22.1. The molecule has 4 nitrogen and oxygen atoms in total. The first kappa shape index (κ1) is 12.9. The minimum Gasteiger partial charge on any atom is -0.445 e. The molecular formula is C14H19NO3. The molecule has 0 atom stereocenters. The summed E-state index contributed by atoms with van der Waals surface area (Å²) in [6.07, 6.45) is 2.14. The number of carbonyl (C=O) groups is 1. The lowest BCUT2D eigenvalue weighted by atomic mass is 9.80. The summed E-state index contributed by atoms with van der Waals surface area (Å²) in [4.78, 5) is 11.4. The van der Waals surface area contributed by atoms with E-state index in [1.54, 1.807) is 0 Å². The largest absolute Gasteiger partial charge is 0.445 e. The van der Waals surface area contributed by atoms with Crippen molar-refractivity contribution in [3.63, 3.8) is 0 Å². The van der Waals surface area contributed by atoms with E-state index in [1.807, 2.05) is 30.3 Å². The Morgan fingerprint density at radius 3 is 2.72 bits per heavy atom. The Kier molecular flexibility index (Phi) is 4.59. The molecule has 2 N–H and O–H groups in total. The van der Waals surface area contributed by atoms with Gasteiger partial charge in [0, 0.05) is 6.54 Å². The molecule has 18 heavy (non-hydrogen) atoms. The van der Waals surface area contributed by atoms with Crippen LogP contribution in [0.1, 0.15) is 24.8 Å². The van der Waals surface area contributed by atoms with Crippen molar-refractivity contribution in [1.29, 1.82) is 0 Å². The van der Waals surface area contributed by atoms with E-state index in [9.17, 15) is 4.79 Å². The van der Waals surface area contributed by atoms with Crippen molar-refractivity contribution in [2.24, 2.45) is 5.92 Å². The Morgan fingerprint density at radius 2 is 2.06 bits per heavy atom. The zero-order chi connectivity index (χ0) is 12.8. The molecule has 1 aliphatic carbocycles. The topological polar surface area (TPSA) is 58.6 Å². The maximum atomic E-state index is 11.4. The van der Waals surface area contributed by atoms with Gasteiger partial charge in [0.1, 0.15) is 6.61 Å². The lowest BCUT2D eigenvalue weighted by molar-refractivity contribution is 0.0392. The van der Waals surface area contributed by atoms with Crippen molar-refractivity contribution in [2.45, 2.75) is 32.0 Å². The lowest BCUT2D eigenvalue weighted by Crippen LogP contribution is -2.33. The van der Waals surface area contributed by atoms with E-state index in [2.05, 4.69) is 5.32 Å². The van der Waals surface area contributed by atoms with E-state index in [4.69, 9.17) is 9.84 Å². The second-order valence-electron chi connectivity index (χ2n) is 4.77. The van der Waals surface area contributed by atoms with E-state index in [0.717, 1.165) is 24.8 Å². The van der Waals surface area contributed by atoms with Gasteiger partial charge in [-0.15, -0.1) is 0 Å². The first-order valence-corrected chi connectivity index (χ1v) is 6.36. The standard InChI is InChI=1S/C14H19NO3/c16-13-8-12(9-13)6-7-15-14(17)18-10-11-4-2-1-3-5-11/h1-5,12-13,16H,6-10H2,(H,15,17). The Hall–Kier alpha value is -1.55. The summed E-state index contributed by atoms with van der Waals surface area (Å²) in [5, 5.41) is 11.8. The molecule has 1 aromatic rings. The quantitative estimate of drug-likeness (QED) is 0.840. The molecule has 4 heteroatoms. The van der Waals surface area contributed by atoms with Gasteiger partial charge in [0.05, 0.1) is 6.10 Å². The van der Waals surface area contributed by atoms with Crippen molar-refractivity contribution in [1.82, 2.24) is 5.32 Å². The number of benzene rings is 1. The number of amides is 1. The Morgan fingerprint density at radius 1 is 1.33 bits per heavy atom. The second-order valence-corrected chi connectivity index (χ2v) is 4.77. The summed E-state index contributed by atoms with van der Waals surface area (Å²) in [6.45, 7) is 0.916. The highest BCUT2D eigenvalue weighted by molar-refractivity contribution is 5.67. The summed E-state index contributed by atoms with van der Waals surface area (Å²) in [5.41, 5.74) is 0.981. The average molecular weight is 249 g/mol. The molecule has 98 valence electrons. The molecule has 1 aromatic carbocycles. The third-order valence-corrected chi connectivity index (χ3v) is 3.25. The fourth-order valence-corrected chi connectivity index (χ4v) is 2.09. The molecule has 0 unspecified atom stereocenters. The Labute approximate surface area is 107 Å². The van der Waals surface area contributed by atoms with Crippen molar-refractivity contribution in [3.8, 4) is 0 Å². The van der Waals surface area contributed by atoms with Crippen LogP contribution in [0.25, 0.3) is 0 Å². The number of hydrogen-bond acceptors (Lipinski definition) is 3. The van der Waals surface area contributed by atoms with Crippen LogP contribution in [0.5, 0.6) is 0 Å². The molecule has 1 saturated carbocycles. The summed E-state index contributed by atoms with van der Waals surface area (Å²) < 4.78 is 5.08. The van der Waals surface area contributed by atoms with Gasteiger partial charge in [-0.25, -0.2) is 4.79 Å². The fourth-order valence-electron chi connectivity index (χ4n) is 2.09. The van der Waals surface area contributed by atoms with Crippen LogP contribution in [0.4, 0.5) is 4.79 Å². The first-order chi connectivity index (χ1) is 8.74. The van der Waals surface area contributed by atoms with Crippen LogP contribution >= 0.6 is 0 Å². The predicted molar refractivity (Wildman–Crippen MR) is 68.0 cm³/mol. The van der Waals surface area contributed by atoms with E-state index >= 15 is 0 Å². The van der Waals surface area contributed by atoms with Crippen LogP contribution in [0.3, 0.4) is 0 Å². The molecule has 0 spiro atoms. The monoisotopic (exact) mass is 249 g/mol. The van der Waals surface area contributed by atoms with E-state index in [1.165, 1.54) is 0 Å². The molecule has 0 heterocycles. The minimum absolute atomic E-state index is 0.125. The van der Waals surface area contributed by atoms with Gasteiger partial charge in [0.15, 0.2) is 0 Å². The molecule has 1 amide bonds. The summed E-state index contributed by atoms with van der Waals surface area (Å²) in [6, 6.07) is 9.60. The smallest absolute Gasteiger partial charge is 0.407 e. The second kappa shape index (κ2) is 6.40. The third kappa shape index (κ3) is 4.04. The van der Waals surface area contributed by atoms with Crippen LogP contribution in [0.2, 0.25) is 0 Å². The number of ether oxygens (including phenoxy) is 1. The molecule has 0 aliphatic heterocycles. The maximum absolute atomic E-state index is 11.4. The van der Waals surface area contributed by atoms with E-state index in [-0.39, 0.29) is 12.2 Å². The molecular weight excluding hydrogens is 230 g/mol. The molecule has 0 saturated heterocycles. The van der Waals surface area contributed by atoms with Gasteiger partial charge in [-0.05, 0) is 30.7 Å². The minimum atomic E-state index is -0.376. The van der Waals surface area contributed by atoms with Crippen LogP contribution < -0.4 is 5.32 Å². The SMILES string of the molecule is O=C(NCCC1CC(O)C1)OCc1ccccc1.